The fraction of sp³-hybridized carbons (Fsp3) is 0.692. The molecule has 1 aromatic carbocycles. The van der Waals surface area contributed by atoms with Crippen LogP contribution in [0, 0.1) is 23.2 Å². The highest BCUT2D eigenvalue weighted by molar-refractivity contribution is 5.84. The lowest BCUT2D eigenvalue weighted by molar-refractivity contribution is -0.137. The molecule has 0 radical (unpaired) electrons. The van der Waals surface area contributed by atoms with Crippen molar-refractivity contribution < 1.29 is 14.7 Å². The van der Waals surface area contributed by atoms with Gasteiger partial charge in [0.1, 0.15) is 0 Å². The number of aliphatic hydroxyl groups excluding tert-OH is 1. The van der Waals surface area contributed by atoms with Crippen LogP contribution in [0.25, 0.3) is 0 Å². The molecule has 5 nitrogen and oxygen atoms in total. The molecule has 3 N–H and O–H groups in total. The van der Waals surface area contributed by atoms with E-state index in [9.17, 15) is 14.7 Å². The summed E-state index contributed by atoms with van der Waals surface area (Å²) in [4.78, 5) is 25.9. The minimum Gasteiger partial charge on any atom is -0.381 e. The van der Waals surface area contributed by atoms with Crippen molar-refractivity contribution in [3.63, 3.8) is 0 Å². The summed E-state index contributed by atoms with van der Waals surface area (Å²) in [5, 5.41) is 17.3. The molecule has 0 aromatic heterocycles. The Morgan fingerprint density at radius 3 is 2.10 bits per heavy atom. The van der Waals surface area contributed by atoms with Gasteiger partial charge >= 0.3 is 0 Å². The second-order valence-corrected chi connectivity index (χ2v) is 11.7. The molecule has 0 aliphatic heterocycles. The number of rotatable bonds is 7. The molecule has 2 amide bonds. The van der Waals surface area contributed by atoms with Crippen LogP contribution in [0.1, 0.15) is 71.3 Å². The van der Waals surface area contributed by atoms with E-state index in [-0.39, 0.29) is 22.8 Å². The average molecular weight is 427 g/mol. The molecule has 1 unspecified atom stereocenters. The fourth-order valence-electron chi connectivity index (χ4n) is 6.63. The second kappa shape index (κ2) is 8.57. The highest BCUT2D eigenvalue weighted by atomic mass is 16.3. The average Bonchev–Trinajstić information content (AvgIpc) is 2.64. The highest BCUT2D eigenvalue weighted by Gasteiger charge is 2.52. The third-order valence-corrected chi connectivity index (χ3v) is 7.41. The Kier molecular flexibility index (Phi) is 6.17. The standard InChI is InChI=1S/C26H38N2O3/c1-25(2,3)16-22(29)27-21(12-17-7-5-4-6-8-17)23(30)24(31)28-26-13-18-9-19(14-26)11-20(10-18)15-26/h4-8,18-21,23,30H,9-16H2,1-3H3,(H,27,29)(H,28,31)/t18?,19?,20?,21-,23?,26?/m0/s1. The normalized spacial score (nSPS) is 31.2. The summed E-state index contributed by atoms with van der Waals surface area (Å²) in [6, 6.07) is 9.09. The van der Waals surface area contributed by atoms with Crippen molar-refractivity contribution in [1.82, 2.24) is 10.6 Å². The number of benzene rings is 1. The van der Waals surface area contributed by atoms with Crippen LogP contribution in [-0.2, 0) is 16.0 Å². The monoisotopic (exact) mass is 426 g/mol. The van der Waals surface area contributed by atoms with Crippen molar-refractivity contribution in [3.05, 3.63) is 35.9 Å². The lowest BCUT2D eigenvalue weighted by Gasteiger charge is -2.57. The molecule has 4 fully saturated rings. The topological polar surface area (TPSA) is 78.4 Å². The first kappa shape index (κ1) is 22.3. The third kappa shape index (κ3) is 5.49. The van der Waals surface area contributed by atoms with Crippen molar-refractivity contribution in [2.24, 2.45) is 23.2 Å². The third-order valence-electron chi connectivity index (χ3n) is 7.41. The van der Waals surface area contributed by atoms with E-state index in [1.54, 1.807) is 0 Å². The molecule has 31 heavy (non-hydrogen) atoms. The van der Waals surface area contributed by atoms with Gasteiger partial charge in [0.25, 0.3) is 5.91 Å². The van der Waals surface area contributed by atoms with Gasteiger partial charge in [-0.2, -0.15) is 0 Å². The maximum Gasteiger partial charge on any atom is 0.251 e. The molecule has 0 saturated heterocycles. The first-order valence-electron chi connectivity index (χ1n) is 11.9. The van der Waals surface area contributed by atoms with Crippen LogP contribution in [0.4, 0.5) is 0 Å². The Labute approximate surface area is 186 Å². The van der Waals surface area contributed by atoms with Crippen molar-refractivity contribution in [2.45, 2.75) is 89.8 Å². The van der Waals surface area contributed by atoms with E-state index in [1.165, 1.54) is 19.3 Å². The van der Waals surface area contributed by atoms with Gasteiger partial charge in [-0.05, 0) is 73.7 Å². The van der Waals surface area contributed by atoms with Gasteiger partial charge in [-0.25, -0.2) is 0 Å². The van der Waals surface area contributed by atoms with E-state index in [0.29, 0.717) is 12.8 Å². The van der Waals surface area contributed by atoms with Gasteiger partial charge < -0.3 is 15.7 Å². The van der Waals surface area contributed by atoms with Crippen LogP contribution >= 0.6 is 0 Å². The number of hydrogen-bond acceptors (Lipinski definition) is 3. The van der Waals surface area contributed by atoms with Crippen LogP contribution in [0.5, 0.6) is 0 Å². The largest absolute Gasteiger partial charge is 0.381 e. The van der Waals surface area contributed by atoms with E-state index in [1.807, 2.05) is 51.1 Å². The minimum absolute atomic E-state index is 0.130. The molecular formula is C26H38N2O3. The lowest BCUT2D eigenvalue weighted by atomic mass is 9.53. The molecule has 0 spiro atoms. The summed E-state index contributed by atoms with van der Waals surface area (Å²) in [5.74, 6) is 1.69. The fourth-order valence-corrected chi connectivity index (χ4v) is 6.63. The maximum absolute atomic E-state index is 13.2. The van der Waals surface area contributed by atoms with E-state index >= 15 is 0 Å². The van der Waals surface area contributed by atoms with Crippen molar-refractivity contribution in [3.8, 4) is 0 Å². The van der Waals surface area contributed by atoms with Gasteiger partial charge in [0.15, 0.2) is 6.10 Å². The van der Waals surface area contributed by atoms with E-state index < -0.39 is 12.1 Å². The first-order chi connectivity index (χ1) is 14.6. The molecule has 5 rings (SSSR count). The van der Waals surface area contributed by atoms with Crippen LogP contribution in [-0.4, -0.2) is 34.6 Å². The molecule has 4 aliphatic carbocycles. The molecule has 4 bridgehead atoms. The quantitative estimate of drug-likeness (QED) is 0.623. The minimum atomic E-state index is -1.27. The highest BCUT2D eigenvalue weighted by Crippen LogP contribution is 2.55. The summed E-state index contributed by atoms with van der Waals surface area (Å²) < 4.78 is 0. The maximum atomic E-state index is 13.2. The van der Waals surface area contributed by atoms with E-state index in [4.69, 9.17) is 0 Å². The Morgan fingerprint density at radius 1 is 1.03 bits per heavy atom. The van der Waals surface area contributed by atoms with Crippen LogP contribution < -0.4 is 10.6 Å². The van der Waals surface area contributed by atoms with Gasteiger partial charge in [-0.15, -0.1) is 0 Å². The molecular weight excluding hydrogens is 388 g/mol. The summed E-state index contributed by atoms with van der Waals surface area (Å²) >= 11 is 0. The molecule has 4 aliphatic rings. The number of carbonyl (C=O) groups is 2. The number of hydrogen-bond donors (Lipinski definition) is 3. The second-order valence-electron chi connectivity index (χ2n) is 11.7. The molecule has 1 aromatic rings. The first-order valence-corrected chi connectivity index (χ1v) is 11.9. The van der Waals surface area contributed by atoms with Crippen LogP contribution in [0.15, 0.2) is 30.3 Å². The summed E-state index contributed by atoms with van der Waals surface area (Å²) in [6.07, 6.45) is 6.53. The number of aliphatic hydroxyl groups is 1. The van der Waals surface area contributed by atoms with Gasteiger partial charge in [0, 0.05) is 12.0 Å². The van der Waals surface area contributed by atoms with Crippen molar-refractivity contribution >= 4 is 11.8 Å². The SMILES string of the molecule is CC(C)(C)CC(=O)N[C@@H](Cc1ccccc1)C(O)C(=O)NC12CC3CC(CC(C3)C1)C2. The van der Waals surface area contributed by atoms with E-state index in [2.05, 4.69) is 10.6 Å². The molecule has 5 heteroatoms. The molecule has 0 heterocycles. The zero-order valence-electron chi connectivity index (χ0n) is 19.2. The predicted molar refractivity (Wildman–Crippen MR) is 121 cm³/mol. The number of amides is 2. The lowest BCUT2D eigenvalue weighted by Crippen LogP contribution is -2.63. The van der Waals surface area contributed by atoms with Gasteiger partial charge in [-0.1, -0.05) is 51.1 Å². The van der Waals surface area contributed by atoms with Crippen LogP contribution in [0.2, 0.25) is 0 Å². The number of nitrogens with one attached hydrogen (secondary N) is 2. The zero-order chi connectivity index (χ0) is 22.2. The number of carbonyl (C=O) groups excluding carboxylic acids is 2. The summed E-state index contributed by atoms with van der Waals surface area (Å²) in [5.41, 5.74) is 0.679. The zero-order valence-corrected chi connectivity index (χ0v) is 19.2. The molecule has 2 atom stereocenters. The van der Waals surface area contributed by atoms with Gasteiger partial charge in [0.2, 0.25) is 5.91 Å². The van der Waals surface area contributed by atoms with Crippen molar-refractivity contribution in [2.75, 3.05) is 0 Å². The Balaban J connectivity index is 1.45. The summed E-state index contributed by atoms with van der Waals surface area (Å²) in [7, 11) is 0. The smallest absolute Gasteiger partial charge is 0.251 e. The Morgan fingerprint density at radius 2 is 1.58 bits per heavy atom. The Bertz CT molecular complexity index is 763. The van der Waals surface area contributed by atoms with Gasteiger partial charge in [-0.3, -0.25) is 9.59 Å². The molecule has 170 valence electrons. The van der Waals surface area contributed by atoms with E-state index in [0.717, 1.165) is 42.6 Å². The van der Waals surface area contributed by atoms with Gasteiger partial charge in [0.05, 0.1) is 6.04 Å². The molecule has 4 saturated carbocycles. The Hall–Kier alpha value is -1.88. The van der Waals surface area contributed by atoms with Crippen molar-refractivity contribution in [1.29, 1.82) is 0 Å². The summed E-state index contributed by atoms with van der Waals surface area (Å²) in [6.45, 7) is 6.03. The van der Waals surface area contributed by atoms with Crippen LogP contribution in [0.3, 0.4) is 0 Å². The predicted octanol–water partition coefficient (Wildman–Crippen LogP) is 3.60.